The third-order valence-corrected chi connectivity index (χ3v) is 2.68. The largest absolute Gasteiger partial charge is 0.370 e. The highest BCUT2D eigenvalue weighted by atomic mass is 32.1. The molecule has 0 aliphatic carbocycles. The fraction of sp³-hybridized carbons (Fsp3) is 0.375. The van der Waals surface area contributed by atoms with Crippen molar-refractivity contribution in [3.8, 4) is 0 Å². The smallest absolute Gasteiger partial charge is 0.219 e. The highest BCUT2D eigenvalue weighted by Crippen LogP contribution is 2.22. The van der Waals surface area contributed by atoms with Crippen LogP contribution in [0.4, 0.5) is 0 Å². The highest BCUT2D eigenvalue weighted by Gasteiger charge is 2.10. The molecule has 4 heteroatoms. The Morgan fingerprint density at radius 2 is 2.33 bits per heavy atom. The van der Waals surface area contributed by atoms with Crippen LogP contribution >= 0.6 is 11.3 Å². The van der Waals surface area contributed by atoms with Gasteiger partial charge in [-0.2, -0.15) is 0 Å². The summed E-state index contributed by atoms with van der Waals surface area (Å²) in [5.41, 5.74) is 10.7. The molecule has 0 aromatic carbocycles. The molecule has 1 amide bonds. The van der Waals surface area contributed by atoms with E-state index in [0.29, 0.717) is 0 Å². The Kier molecular flexibility index (Phi) is 2.83. The van der Waals surface area contributed by atoms with Gasteiger partial charge in [-0.05, 0) is 19.1 Å². The molecular weight excluding hydrogens is 172 g/mol. The number of carbonyl (C=O) groups is 1. The van der Waals surface area contributed by atoms with Crippen molar-refractivity contribution in [2.75, 3.05) is 0 Å². The Morgan fingerprint density at radius 3 is 2.75 bits per heavy atom. The molecule has 1 rings (SSSR count). The lowest BCUT2D eigenvalue weighted by Crippen LogP contribution is -2.19. The molecule has 1 heterocycles. The summed E-state index contributed by atoms with van der Waals surface area (Å²) in [5, 5.41) is 0. The molecule has 1 aromatic rings. The second kappa shape index (κ2) is 3.69. The molecule has 0 spiro atoms. The minimum atomic E-state index is -0.353. The van der Waals surface area contributed by atoms with E-state index in [1.807, 2.05) is 19.1 Å². The first kappa shape index (κ1) is 9.22. The topological polar surface area (TPSA) is 69.1 Å². The summed E-state index contributed by atoms with van der Waals surface area (Å²) in [6, 6.07) is 3.69. The van der Waals surface area contributed by atoms with E-state index in [4.69, 9.17) is 11.5 Å². The molecule has 1 unspecified atom stereocenters. The van der Waals surface area contributed by atoms with Gasteiger partial charge in [-0.15, -0.1) is 11.3 Å². The lowest BCUT2D eigenvalue weighted by atomic mass is 10.2. The van der Waals surface area contributed by atoms with Gasteiger partial charge in [0.1, 0.15) is 0 Å². The van der Waals surface area contributed by atoms with Crippen molar-refractivity contribution in [2.24, 2.45) is 11.5 Å². The third kappa shape index (κ3) is 2.32. The number of rotatable bonds is 3. The Hall–Kier alpha value is -0.870. The van der Waals surface area contributed by atoms with Crippen molar-refractivity contribution in [2.45, 2.75) is 19.4 Å². The highest BCUT2D eigenvalue weighted by molar-refractivity contribution is 7.12. The number of hydrogen-bond donors (Lipinski definition) is 2. The minimum Gasteiger partial charge on any atom is -0.370 e. The number of amides is 1. The molecule has 0 saturated carbocycles. The molecule has 0 aliphatic rings. The van der Waals surface area contributed by atoms with Crippen LogP contribution in [0.25, 0.3) is 0 Å². The van der Waals surface area contributed by atoms with E-state index in [1.165, 1.54) is 4.88 Å². The molecule has 0 bridgehead atoms. The van der Waals surface area contributed by atoms with Crippen LogP contribution in [0, 0.1) is 6.92 Å². The summed E-state index contributed by atoms with van der Waals surface area (Å²) in [7, 11) is 0. The lowest BCUT2D eigenvalue weighted by molar-refractivity contribution is -0.118. The maximum absolute atomic E-state index is 10.5. The second-order valence-electron chi connectivity index (χ2n) is 2.73. The summed E-state index contributed by atoms with van der Waals surface area (Å²) < 4.78 is 0. The second-order valence-corrected chi connectivity index (χ2v) is 4.04. The third-order valence-electron chi connectivity index (χ3n) is 1.55. The van der Waals surface area contributed by atoms with E-state index in [1.54, 1.807) is 11.3 Å². The number of nitrogens with two attached hydrogens (primary N) is 2. The molecule has 1 aromatic heterocycles. The van der Waals surface area contributed by atoms with Gasteiger partial charge >= 0.3 is 0 Å². The molecule has 12 heavy (non-hydrogen) atoms. The summed E-state index contributed by atoms with van der Waals surface area (Å²) in [6.45, 7) is 2.01. The van der Waals surface area contributed by atoms with Gasteiger partial charge in [0.05, 0.1) is 0 Å². The summed E-state index contributed by atoms with van der Waals surface area (Å²) in [6.07, 6.45) is 0.222. The summed E-state index contributed by atoms with van der Waals surface area (Å²) >= 11 is 1.61. The lowest BCUT2D eigenvalue weighted by Gasteiger charge is -2.05. The van der Waals surface area contributed by atoms with Crippen LogP contribution in [0.5, 0.6) is 0 Å². The first-order valence-electron chi connectivity index (χ1n) is 3.70. The average molecular weight is 184 g/mol. The Balaban J connectivity index is 2.64. The van der Waals surface area contributed by atoms with Crippen LogP contribution in [0.3, 0.4) is 0 Å². The standard InChI is InChI=1S/C8H12N2OS/c1-5-2-3-7(12-5)6(9)4-8(10)11/h2-3,6H,4,9H2,1H3,(H2,10,11). The SMILES string of the molecule is Cc1ccc(C(N)CC(N)=O)s1. The molecule has 3 nitrogen and oxygen atoms in total. The zero-order chi connectivity index (χ0) is 9.14. The van der Waals surface area contributed by atoms with Crippen molar-refractivity contribution >= 4 is 17.2 Å². The van der Waals surface area contributed by atoms with Crippen LogP contribution in [0.15, 0.2) is 12.1 Å². The monoisotopic (exact) mass is 184 g/mol. The molecule has 0 aliphatic heterocycles. The van der Waals surface area contributed by atoms with Crippen LogP contribution in [-0.4, -0.2) is 5.91 Å². The average Bonchev–Trinajstić information content (AvgIpc) is 2.34. The van der Waals surface area contributed by atoms with E-state index >= 15 is 0 Å². The van der Waals surface area contributed by atoms with Crippen molar-refractivity contribution in [3.05, 3.63) is 21.9 Å². The number of primary amides is 1. The van der Waals surface area contributed by atoms with E-state index in [-0.39, 0.29) is 18.4 Å². The fourth-order valence-corrected chi connectivity index (χ4v) is 1.85. The first-order valence-corrected chi connectivity index (χ1v) is 4.51. The number of hydrogen-bond acceptors (Lipinski definition) is 3. The Morgan fingerprint density at radius 1 is 1.67 bits per heavy atom. The number of carbonyl (C=O) groups excluding carboxylic acids is 1. The maximum Gasteiger partial charge on any atom is 0.219 e. The fourth-order valence-electron chi connectivity index (χ4n) is 0.970. The van der Waals surface area contributed by atoms with E-state index in [9.17, 15) is 4.79 Å². The van der Waals surface area contributed by atoms with Crippen LogP contribution in [0.1, 0.15) is 22.2 Å². The predicted octanol–water partition coefficient (Wildman–Crippen LogP) is 0.932. The van der Waals surface area contributed by atoms with Crippen molar-refractivity contribution in [1.29, 1.82) is 0 Å². The van der Waals surface area contributed by atoms with Crippen LogP contribution in [0.2, 0.25) is 0 Å². The zero-order valence-corrected chi connectivity index (χ0v) is 7.73. The van der Waals surface area contributed by atoms with Gasteiger partial charge in [0.25, 0.3) is 0 Å². The molecule has 0 fully saturated rings. The van der Waals surface area contributed by atoms with Gasteiger partial charge in [0.2, 0.25) is 5.91 Å². The Labute approximate surface area is 75.4 Å². The van der Waals surface area contributed by atoms with Crippen molar-refractivity contribution in [1.82, 2.24) is 0 Å². The molecule has 1 atom stereocenters. The molecule has 66 valence electrons. The molecule has 4 N–H and O–H groups in total. The maximum atomic E-state index is 10.5. The predicted molar refractivity (Wildman–Crippen MR) is 49.8 cm³/mol. The van der Waals surface area contributed by atoms with Gasteiger partial charge in [-0.25, -0.2) is 0 Å². The van der Waals surface area contributed by atoms with Crippen molar-refractivity contribution < 1.29 is 4.79 Å². The first-order chi connectivity index (χ1) is 5.59. The van der Waals surface area contributed by atoms with Gasteiger partial charge in [0.15, 0.2) is 0 Å². The van der Waals surface area contributed by atoms with Crippen LogP contribution < -0.4 is 11.5 Å². The molecule has 0 saturated heterocycles. The minimum absolute atomic E-state index is 0.222. The van der Waals surface area contributed by atoms with Gasteiger partial charge in [0, 0.05) is 22.2 Å². The van der Waals surface area contributed by atoms with E-state index < -0.39 is 0 Å². The van der Waals surface area contributed by atoms with Gasteiger partial charge < -0.3 is 11.5 Å². The molecular formula is C8H12N2OS. The number of thiophene rings is 1. The van der Waals surface area contributed by atoms with Gasteiger partial charge in [-0.3, -0.25) is 4.79 Å². The van der Waals surface area contributed by atoms with E-state index in [2.05, 4.69) is 0 Å². The number of aryl methyl sites for hydroxylation is 1. The normalized spacial score (nSPS) is 12.8. The van der Waals surface area contributed by atoms with E-state index in [0.717, 1.165) is 4.88 Å². The quantitative estimate of drug-likeness (QED) is 0.733. The summed E-state index contributed by atoms with van der Waals surface area (Å²) in [4.78, 5) is 12.8. The molecule has 0 radical (unpaired) electrons. The summed E-state index contributed by atoms with van der Waals surface area (Å²) in [5.74, 6) is -0.353. The van der Waals surface area contributed by atoms with Crippen molar-refractivity contribution in [3.63, 3.8) is 0 Å². The zero-order valence-electron chi connectivity index (χ0n) is 6.91. The Bertz CT molecular complexity index is 282. The van der Waals surface area contributed by atoms with Gasteiger partial charge in [-0.1, -0.05) is 0 Å². The van der Waals surface area contributed by atoms with Crippen LogP contribution in [-0.2, 0) is 4.79 Å².